The van der Waals surface area contributed by atoms with Gasteiger partial charge in [-0.1, -0.05) is 18.2 Å². The molecule has 138 valence electrons. The molecule has 0 saturated carbocycles. The summed E-state index contributed by atoms with van der Waals surface area (Å²) in [5.41, 5.74) is 2.58. The van der Waals surface area contributed by atoms with Crippen LogP contribution in [0, 0.1) is 0 Å². The number of rotatable bonds is 8. The lowest BCUT2D eigenvalue weighted by atomic mass is 10.1. The first-order valence-corrected chi connectivity index (χ1v) is 8.36. The molecule has 0 unspecified atom stereocenters. The number of amides is 2. The van der Waals surface area contributed by atoms with Gasteiger partial charge in [-0.05, 0) is 41.8 Å². The molecule has 0 atom stereocenters. The van der Waals surface area contributed by atoms with E-state index in [0.717, 1.165) is 11.1 Å². The molecule has 6 heteroatoms. The normalized spacial score (nSPS) is 10.1. The summed E-state index contributed by atoms with van der Waals surface area (Å²) in [7, 11) is 3.19. The predicted octanol–water partition coefficient (Wildman–Crippen LogP) is 2.31. The molecule has 2 amide bonds. The molecular weight excluding hydrogens is 332 g/mol. The van der Waals surface area contributed by atoms with Crippen molar-refractivity contribution in [3.63, 3.8) is 0 Å². The van der Waals surface area contributed by atoms with Crippen LogP contribution in [-0.2, 0) is 17.8 Å². The van der Waals surface area contributed by atoms with Crippen LogP contribution in [0.25, 0.3) is 0 Å². The Hall–Kier alpha value is -3.02. The van der Waals surface area contributed by atoms with E-state index < -0.39 is 0 Å². The molecule has 2 N–H and O–H groups in total. The van der Waals surface area contributed by atoms with Gasteiger partial charge in [-0.15, -0.1) is 0 Å². The predicted molar refractivity (Wildman–Crippen MR) is 99.5 cm³/mol. The van der Waals surface area contributed by atoms with Crippen LogP contribution in [0.15, 0.2) is 42.5 Å². The molecule has 0 radical (unpaired) electrons. The van der Waals surface area contributed by atoms with E-state index in [1.54, 1.807) is 26.4 Å². The monoisotopic (exact) mass is 356 g/mol. The van der Waals surface area contributed by atoms with E-state index in [9.17, 15) is 9.59 Å². The van der Waals surface area contributed by atoms with Gasteiger partial charge in [0, 0.05) is 25.6 Å². The lowest BCUT2D eigenvalue weighted by molar-refractivity contribution is -0.119. The summed E-state index contributed by atoms with van der Waals surface area (Å²) in [5, 5.41) is 5.62. The zero-order valence-electron chi connectivity index (χ0n) is 15.3. The lowest BCUT2D eigenvalue weighted by Gasteiger charge is -2.10. The topological polar surface area (TPSA) is 76.7 Å². The highest BCUT2D eigenvalue weighted by atomic mass is 16.5. The molecule has 0 bridgehead atoms. The molecular formula is C20H24N2O4. The number of carbonyl (C=O) groups excluding carboxylic acids is 2. The van der Waals surface area contributed by atoms with Crippen LogP contribution in [0.3, 0.4) is 0 Å². The minimum atomic E-state index is -0.128. The fourth-order valence-electron chi connectivity index (χ4n) is 2.46. The molecule has 0 saturated heterocycles. The number of ether oxygens (including phenoxy) is 2. The largest absolute Gasteiger partial charge is 0.493 e. The highest BCUT2D eigenvalue weighted by molar-refractivity contribution is 5.94. The summed E-state index contributed by atoms with van der Waals surface area (Å²) in [6.45, 7) is 2.44. The Morgan fingerprint density at radius 3 is 2.15 bits per heavy atom. The minimum absolute atomic E-state index is 0.0815. The third-order valence-corrected chi connectivity index (χ3v) is 3.90. The van der Waals surface area contributed by atoms with Gasteiger partial charge < -0.3 is 20.1 Å². The first kappa shape index (κ1) is 19.3. The molecule has 0 spiro atoms. The summed E-state index contributed by atoms with van der Waals surface area (Å²) in [6, 6.07) is 12.9. The van der Waals surface area contributed by atoms with Crippen LogP contribution in [-0.4, -0.2) is 32.6 Å². The van der Waals surface area contributed by atoms with E-state index in [4.69, 9.17) is 9.47 Å². The summed E-state index contributed by atoms with van der Waals surface area (Å²) < 4.78 is 10.5. The van der Waals surface area contributed by atoms with E-state index in [-0.39, 0.29) is 11.8 Å². The Kier molecular flexibility index (Phi) is 7.02. The fourth-order valence-corrected chi connectivity index (χ4v) is 2.46. The van der Waals surface area contributed by atoms with Gasteiger partial charge in [-0.2, -0.15) is 0 Å². The van der Waals surface area contributed by atoms with Crippen molar-refractivity contribution in [1.29, 1.82) is 0 Å². The molecule has 2 aromatic rings. The first-order chi connectivity index (χ1) is 12.5. The third-order valence-electron chi connectivity index (χ3n) is 3.90. The third kappa shape index (κ3) is 5.51. The Labute approximate surface area is 153 Å². The summed E-state index contributed by atoms with van der Waals surface area (Å²) in [5.74, 6) is 1.14. The van der Waals surface area contributed by atoms with Gasteiger partial charge in [0.15, 0.2) is 11.5 Å². The van der Waals surface area contributed by atoms with Crippen molar-refractivity contribution in [2.75, 3.05) is 20.8 Å². The molecule has 0 aliphatic rings. The number of nitrogens with one attached hydrogen (secondary N) is 2. The Morgan fingerprint density at radius 1 is 0.885 bits per heavy atom. The molecule has 26 heavy (non-hydrogen) atoms. The minimum Gasteiger partial charge on any atom is -0.493 e. The second-order valence-electron chi connectivity index (χ2n) is 5.80. The van der Waals surface area contributed by atoms with Crippen LogP contribution in [0.2, 0.25) is 0 Å². The van der Waals surface area contributed by atoms with E-state index in [2.05, 4.69) is 10.6 Å². The van der Waals surface area contributed by atoms with E-state index in [0.29, 0.717) is 36.6 Å². The van der Waals surface area contributed by atoms with Crippen LogP contribution >= 0.6 is 0 Å². The SMILES string of the molecule is COc1ccc(CCNC(=O)c2ccc(CNC(C)=O)cc2)cc1OC. The smallest absolute Gasteiger partial charge is 0.251 e. The van der Waals surface area contributed by atoms with Crippen LogP contribution in [0.1, 0.15) is 28.4 Å². The number of benzene rings is 2. The quantitative estimate of drug-likeness (QED) is 0.761. The molecule has 0 fully saturated rings. The maximum absolute atomic E-state index is 12.2. The number of hydrogen-bond acceptors (Lipinski definition) is 4. The van der Waals surface area contributed by atoms with Crippen molar-refractivity contribution in [1.82, 2.24) is 10.6 Å². The maximum atomic E-state index is 12.2. The fraction of sp³-hybridized carbons (Fsp3) is 0.300. The Morgan fingerprint density at radius 2 is 1.54 bits per heavy atom. The summed E-state index contributed by atoms with van der Waals surface area (Å²) in [6.07, 6.45) is 0.687. The van der Waals surface area contributed by atoms with Crippen molar-refractivity contribution in [2.45, 2.75) is 19.9 Å². The maximum Gasteiger partial charge on any atom is 0.251 e. The average molecular weight is 356 g/mol. The molecule has 6 nitrogen and oxygen atoms in total. The van der Waals surface area contributed by atoms with Crippen molar-refractivity contribution >= 4 is 11.8 Å². The molecule has 0 aliphatic heterocycles. The molecule has 2 rings (SSSR count). The highest BCUT2D eigenvalue weighted by Crippen LogP contribution is 2.27. The van der Waals surface area contributed by atoms with Crippen molar-refractivity contribution in [2.24, 2.45) is 0 Å². The lowest BCUT2D eigenvalue weighted by Crippen LogP contribution is -2.25. The molecule has 0 heterocycles. The molecule has 0 aliphatic carbocycles. The zero-order valence-corrected chi connectivity index (χ0v) is 15.3. The second kappa shape index (κ2) is 9.46. The molecule has 2 aromatic carbocycles. The number of carbonyl (C=O) groups is 2. The average Bonchev–Trinajstić information content (AvgIpc) is 2.66. The van der Waals surface area contributed by atoms with Gasteiger partial charge in [0.1, 0.15) is 0 Å². The van der Waals surface area contributed by atoms with Crippen LogP contribution in [0.4, 0.5) is 0 Å². The first-order valence-electron chi connectivity index (χ1n) is 8.36. The van der Waals surface area contributed by atoms with Gasteiger partial charge in [0.05, 0.1) is 14.2 Å². The standard InChI is InChI=1S/C20H24N2O4/c1-14(23)22-13-16-4-7-17(8-5-16)20(24)21-11-10-15-6-9-18(25-2)19(12-15)26-3/h4-9,12H,10-11,13H2,1-3H3,(H,21,24)(H,22,23). The van der Waals surface area contributed by atoms with E-state index in [1.165, 1.54) is 6.92 Å². The highest BCUT2D eigenvalue weighted by Gasteiger charge is 2.07. The van der Waals surface area contributed by atoms with Crippen molar-refractivity contribution in [3.05, 3.63) is 59.2 Å². The summed E-state index contributed by atoms with van der Waals surface area (Å²) in [4.78, 5) is 23.1. The van der Waals surface area contributed by atoms with Gasteiger partial charge >= 0.3 is 0 Å². The second-order valence-corrected chi connectivity index (χ2v) is 5.80. The van der Waals surface area contributed by atoms with Gasteiger partial charge in [0.2, 0.25) is 5.91 Å². The van der Waals surface area contributed by atoms with E-state index in [1.807, 2.05) is 30.3 Å². The Bertz CT molecular complexity index is 757. The van der Waals surface area contributed by atoms with Crippen LogP contribution in [0.5, 0.6) is 11.5 Å². The molecule has 0 aromatic heterocycles. The van der Waals surface area contributed by atoms with Crippen molar-refractivity contribution in [3.8, 4) is 11.5 Å². The van der Waals surface area contributed by atoms with Gasteiger partial charge in [0.25, 0.3) is 5.91 Å². The van der Waals surface area contributed by atoms with Gasteiger partial charge in [-0.25, -0.2) is 0 Å². The number of methoxy groups -OCH3 is 2. The number of hydrogen-bond donors (Lipinski definition) is 2. The van der Waals surface area contributed by atoms with Gasteiger partial charge in [-0.3, -0.25) is 9.59 Å². The zero-order chi connectivity index (χ0) is 18.9. The summed E-state index contributed by atoms with van der Waals surface area (Å²) >= 11 is 0. The van der Waals surface area contributed by atoms with Crippen molar-refractivity contribution < 1.29 is 19.1 Å². The van der Waals surface area contributed by atoms with Crippen LogP contribution < -0.4 is 20.1 Å². The Balaban J connectivity index is 1.85. The van der Waals surface area contributed by atoms with E-state index >= 15 is 0 Å².